The number of carbonyl (C=O) groups is 2. The lowest BCUT2D eigenvalue weighted by Crippen LogP contribution is -2.50. The molecule has 1 saturated carbocycles. The molecule has 5 rings (SSSR count). The Bertz CT molecular complexity index is 1530. The number of amidine groups is 1. The number of rotatable bonds is 11. The van der Waals surface area contributed by atoms with Gasteiger partial charge in [-0.05, 0) is 112 Å². The molecule has 50 heavy (non-hydrogen) atoms. The molecule has 1 aromatic rings. The van der Waals surface area contributed by atoms with Crippen LogP contribution in [0.2, 0.25) is 0 Å². The van der Waals surface area contributed by atoms with Crippen LogP contribution >= 0.6 is 0 Å². The van der Waals surface area contributed by atoms with E-state index in [1.54, 1.807) is 23.1 Å². The second-order valence-corrected chi connectivity index (χ2v) is 16.1. The van der Waals surface area contributed by atoms with Crippen molar-refractivity contribution in [2.45, 2.75) is 102 Å². The summed E-state index contributed by atoms with van der Waals surface area (Å²) in [5.41, 5.74) is 1.70. The van der Waals surface area contributed by atoms with Crippen molar-refractivity contribution in [3.63, 3.8) is 0 Å². The third-order valence-corrected chi connectivity index (χ3v) is 12.3. The van der Waals surface area contributed by atoms with Crippen LogP contribution in [0, 0.1) is 25.7 Å². The summed E-state index contributed by atoms with van der Waals surface area (Å²) in [5, 5.41) is 22.6. The minimum atomic E-state index is -4.15. The van der Waals surface area contributed by atoms with Crippen molar-refractivity contribution in [1.82, 2.24) is 14.5 Å². The molecule has 4 aliphatic rings. The van der Waals surface area contributed by atoms with Crippen molar-refractivity contribution in [2.24, 2.45) is 16.8 Å². The molecule has 1 aromatic carbocycles. The van der Waals surface area contributed by atoms with Crippen LogP contribution in [0.15, 0.2) is 22.5 Å². The molecule has 0 aromatic heterocycles. The first-order valence-corrected chi connectivity index (χ1v) is 19.1. The number of alkyl halides is 3. The molecule has 0 bridgehead atoms. The number of aliphatic hydroxyl groups excluding tert-OH is 2. The van der Waals surface area contributed by atoms with Crippen molar-refractivity contribution in [3.8, 4) is 0 Å². The molecule has 2 amide bonds. The number of nitrogens with zero attached hydrogens (tertiary/aromatic N) is 3. The summed E-state index contributed by atoms with van der Waals surface area (Å²) in [5.74, 6) is 0.233. The zero-order valence-electron chi connectivity index (χ0n) is 28.8. The molecule has 15 heteroatoms. The van der Waals surface area contributed by atoms with E-state index in [2.05, 4.69) is 5.32 Å². The van der Waals surface area contributed by atoms with Crippen molar-refractivity contribution in [2.75, 3.05) is 39.4 Å². The first-order valence-electron chi connectivity index (χ1n) is 17.6. The number of carbonyl (C=O) groups excluding carboxylic acids is 2. The van der Waals surface area contributed by atoms with E-state index < -0.39 is 34.3 Å². The largest absolute Gasteiger partial charge is 0.394 e. The number of nitrogens with one attached hydrogen (secondary N) is 1. The van der Waals surface area contributed by atoms with Gasteiger partial charge in [0.15, 0.2) is 0 Å². The number of hydrogen-bond acceptors (Lipinski definition) is 8. The Morgan fingerprint density at radius 1 is 1.08 bits per heavy atom. The van der Waals surface area contributed by atoms with Gasteiger partial charge in [-0.1, -0.05) is 0 Å². The summed E-state index contributed by atoms with van der Waals surface area (Å²) < 4.78 is 71.6. The molecule has 2 saturated heterocycles. The molecule has 3 N–H and O–H groups in total. The van der Waals surface area contributed by atoms with Crippen LogP contribution in [0.1, 0.15) is 91.3 Å². The number of sulfonamides is 1. The van der Waals surface area contributed by atoms with Crippen LogP contribution in [-0.2, 0) is 19.6 Å². The standard InChI is InChI=1S/C35H49F3N4O7S/c1-23-19-27(32(45)41-14-8-29(9-15-41)49-22-28(44)21-43)20-24(2)30(23)10-18-50(47,48)42-16-12-34(13-17-42)33(46)39-31(40-34)26-5-3-25(4-6-26)7-11-35(36,37)38/h10,18-20,25-26,28-29,43-44H,3-9,11-17,21-22H2,1-2H3,(H,39,40,46)/b18-10+/t25?,26?,28-/m1/s1. The molecule has 11 nitrogen and oxygen atoms in total. The topological polar surface area (TPSA) is 149 Å². The van der Waals surface area contributed by atoms with Gasteiger partial charge in [-0.25, -0.2) is 8.42 Å². The first kappa shape index (κ1) is 38.4. The Hall–Kier alpha value is -2.85. The molecule has 3 fully saturated rings. The van der Waals surface area contributed by atoms with Gasteiger partial charge < -0.3 is 25.2 Å². The molecular weight excluding hydrogens is 677 g/mol. The van der Waals surface area contributed by atoms with E-state index in [4.69, 9.17) is 14.8 Å². The number of aryl methyl sites for hydroxylation is 2. The average molecular weight is 727 g/mol. The number of amides is 2. The molecule has 1 atom stereocenters. The highest BCUT2D eigenvalue weighted by Gasteiger charge is 2.48. The zero-order chi connectivity index (χ0) is 36.3. The number of aliphatic imine (C=N–C) groups is 1. The summed E-state index contributed by atoms with van der Waals surface area (Å²) in [6.45, 7) is 4.58. The number of ether oxygens (including phenoxy) is 1. The Kier molecular flexibility index (Phi) is 12.1. The molecule has 3 heterocycles. The fourth-order valence-electron chi connectivity index (χ4n) is 7.59. The van der Waals surface area contributed by atoms with Crippen molar-refractivity contribution >= 4 is 33.7 Å². The maximum Gasteiger partial charge on any atom is 0.389 e. The minimum Gasteiger partial charge on any atom is -0.394 e. The summed E-state index contributed by atoms with van der Waals surface area (Å²) in [6.07, 6.45) is 0.102. The normalized spacial score (nSPS) is 24.5. The van der Waals surface area contributed by atoms with E-state index >= 15 is 0 Å². The lowest BCUT2D eigenvalue weighted by molar-refractivity contribution is -0.138. The number of piperidine rings is 2. The molecule has 0 unspecified atom stereocenters. The summed E-state index contributed by atoms with van der Waals surface area (Å²) in [7, 11) is -3.82. The highest BCUT2D eigenvalue weighted by Crippen LogP contribution is 2.38. The number of hydrogen-bond donors (Lipinski definition) is 3. The van der Waals surface area contributed by atoms with Gasteiger partial charge in [-0.2, -0.15) is 17.5 Å². The number of benzene rings is 1. The van der Waals surface area contributed by atoms with E-state index in [0.717, 1.165) is 11.1 Å². The van der Waals surface area contributed by atoms with E-state index in [9.17, 15) is 36.3 Å². The molecule has 1 spiro atoms. The van der Waals surface area contributed by atoms with Gasteiger partial charge in [-0.3, -0.25) is 14.6 Å². The Balaban J connectivity index is 1.14. The van der Waals surface area contributed by atoms with Gasteiger partial charge in [-0.15, -0.1) is 0 Å². The second-order valence-electron chi connectivity index (χ2n) is 14.3. The van der Waals surface area contributed by atoms with Crippen LogP contribution in [0.25, 0.3) is 6.08 Å². The van der Waals surface area contributed by atoms with Crippen molar-refractivity contribution in [1.29, 1.82) is 0 Å². The molecule has 0 radical (unpaired) electrons. The molecule has 278 valence electrons. The summed E-state index contributed by atoms with van der Waals surface area (Å²) in [4.78, 5) is 32.9. The van der Waals surface area contributed by atoms with E-state index in [1.165, 1.54) is 9.71 Å². The molecule has 1 aliphatic carbocycles. The van der Waals surface area contributed by atoms with Crippen LogP contribution in [0.4, 0.5) is 13.2 Å². The number of aliphatic hydroxyl groups is 2. The van der Waals surface area contributed by atoms with Crippen LogP contribution < -0.4 is 5.32 Å². The minimum absolute atomic E-state index is 0.0104. The van der Waals surface area contributed by atoms with Crippen LogP contribution in [0.5, 0.6) is 0 Å². The predicted molar refractivity (Wildman–Crippen MR) is 182 cm³/mol. The lowest BCUT2D eigenvalue weighted by atomic mass is 9.79. The summed E-state index contributed by atoms with van der Waals surface area (Å²) >= 11 is 0. The Morgan fingerprint density at radius 2 is 1.70 bits per heavy atom. The third kappa shape index (κ3) is 9.32. The Morgan fingerprint density at radius 3 is 2.28 bits per heavy atom. The molecule has 3 aliphatic heterocycles. The van der Waals surface area contributed by atoms with E-state index in [1.807, 2.05) is 13.8 Å². The fourth-order valence-corrected chi connectivity index (χ4v) is 8.76. The van der Waals surface area contributed by atoms with Crippen LogP contribution in [-0.4, -0.2) is 109 Å². The van der Waals surface area contributed by atoms with E-state index in [0.29, 0.717) is 68.6 Å². The third-order valence-electron chi connectivity index (χ3n) is 10.7. The smallest absolute Gasteiger partial charge is 0.389 e. The van der Waals surface area contributed by atoms with Crippen molar-refractivity contribution < 1.29 is 46.1 Å². The predicted octanol–water partition coefficient (Wildman–Crippen LogP) is 4.09. The quantitative estimate of drug-likeness (QED) is 0.311. The number of likely N-dealkylation sites (tertiary alicyclic amines) is 1. The fraction of sp³-hybridized carbons (Fsp3) is 0.686. The number of halogens is 3. The average Bonchev–Trinajstić information content (AvgIpc) is 3.40. The van der Waals surface area contributed by atoms with Gasteiger partial charge in [0.25, 0.3) is 11.8 Å². The summed E-state index contributed by atoms with van der Waals surface area (Å²) in [6, 6.07) is 3.52. The maximum atomic E-state index is 13.4. The monoisotopic (exact) mass is 726 g/mol. The highest BCUT2D eigenvalue weighted by atomic mass is 32.2. The van der Waals surface area contributed by atoms with E-state index in [-0.39, 0.29) is 75.3 Å². The first-order chi connectivity index (χ1) is 23.6. The highest BCUT2D eigenvalue weighted by molar-refractivity contribution is 7.92. The van der Waals surface area contributed by atoms with Crippen molar-refractivity contribution in [3.05, 3.63) is 39.8 Å². The lowest BCUT2D eigenvalue weighted by Gasteiger charge is -2.34. The zero-order valence-corrected chi connectivity index (χ0v) is 29.6. The molecular formula is C35H49F3N4O7S. The van der Waals surface area contributed by atoms with Gasteiger partial charge in [0.1, 0.15) is 17.5 Å². The van der Waals surface area contributed by atoms with Crippen LogP contribution in [0.3, 0.4) is 0 Å². The second kappa shape index (κ2) is 15.8. The van der Waals surface area contributed by atoms with Gasteiger partial charge in [0, 0.05) is 49.5 Å². The van der Waals surface area contributed by atoms with Gasteiger partial charge >= 0.3 is 6.18 Å². The Labute approximate surface area is 292 Å². The maximum absolute atomic E-state index is 13.4. The SMILES string of the molecule is Cc1cc(C(=O)N2CCC(OC[C@H](O)CO)CC2)cc(C)c1/C=C/S(=O)(=O)N1CCC2(CC1)N=C(C1CCC(CCC(F)(F)F)CC1)NC2=O. The van der Waals surface area contributed by atoms with Gasteiger partial charge in [0.2, 0.25) is 10.0 Å². The van der Waals surface area contributed by atoms with Gasteiger partial charge in [0.05, 0.1) is 19.3 Å².